The number of carboxylic acids is 1. The summed E-state index contributed by atoms with van der Waals surface area (Å²) in [5, 5.41) is 31.5. The average molecular weight is 1050 g/mol. The van der Waals surface area contributed by atoms with E-state index in [0.29, 0.717) is 19.3 Å². The molecule has 1 rings (SSSR count). The first kappa shape index (κ1) is 68.9. The van der Waals surface area contributed by atoms with E-state index in [0.717, 1.165) is 116 Å². The molecule has 75 heavy (non-hydrogen) atoms. The van der Waals surface area contributed by atoms with E-state index in [9.17, 15) is 34.5 Å². The first-order chi connectivity index (χ1) is 36.6. The first-order valence-electron chi connectivity index (χ1n) is 29.6. The Labute approximate surface area is 454 Å². The summed E-state index contributed by atoms with van der Waals surface area (Å²) in [6.45, 7) is 5.72. The van der Waals surface area contributed by atoms with Crippen LogP contribution in [0.2, 0.25) is 0 Å². The van der Waals surface area contributed by atoms with Gasteiger partial charge in [0.2, 0.25) is 0 Å². The quantitative estimate of drug-likeness (QED) is 0.0228. The van der Waals surface area contributed by atoms with E-state index in [1.165, 1.54) is 64.2 Å². The van der Waals surface area contributed by atoms with E-state index >= 15 is 0 Å². The standard InChI is InChI=1S/C63H104O12/c1-4-7-10-13-16-19-22-25-27-28-30-32-34-37-40-43-46-49-55(64)71-52-54(73-56(65)50-47-44-41-38-35-31-24-21-18-15-12-9-6-3)53-72-63-61(59(68)58(67)60(75-63)62(69)70)74-57(66)51-48-45-42-39-36-33-29-26-23-20-17-14-11-8-5-2/h7,9-10,12,16,18-19,21,25,27,30-32,35,54,58-61,63,67-68H,4-6,8,11,13-15,17,20,22-24,26,28-29,33-34,36-53H2,1-3H3,(H,69,70)/b10-7-,12-9-,19-16-,21-18-,27-25-,32-30-,35-31-. The van der Waals surface area contributed by atoms with Gasteiger partial charge in [-0.25, -0.2) is 4.79 Å². The van der Waals surface area contributed by atoms with Crippen molar-refractivity contribution in [3.05, 3.63) is 85.1 Å². The smallest absolute Gasteiger partial charge is 0.335 e. The van der Waals surface area contributed by atoms with Crippen LogP contribution in [0.25, 0.3) is 0 Å². The van der Waals surface area contributed by atoms with Gasteiger partial charge in [-0.2, -0.15) is 0 Å². The highest BCUT2D eigenvalue weighted by Crippen LogP contribution is 2.26. The molecule has 0 aromatic rings. The molecule has 6 atom stereocenters. The molecule has 0 aliphatic carbocycles. The highest BCUT2D eigenvalue weighted by atomic mass is 16.7. The highest BCUT2D eigenvalue weighted by Gasteiger charge is 2.50. The number of aliphatic hydroxyl groups is 2. The third-order valence-electron chi connectivity index (χ3n) is 13.0. The van der Waals surface area contributed by atoms with Gasteiger partial charge < -0.3 is 39.0 Å². The number of ether oxygens (including phenoxy) is 5. The lowest BCUT2D eigenvalue weighted by Crippen LogP contribution is -2.61. The van der Waals surface area contributed by atoms with Crippen molar-refractivity contribution in [3.8, 4) is 0 Å². The van der Waals surface area contributed by atoms with Gasteiger partial charge in [-0.05, 0) is 89.9 Å². The van der Waals surface area contributed by atoms with Crippen molar-refractivity contribution < 1.29 is 58.2 Å². The van der Waals surface area contributed by atoms with E-state index < -0.39 is 67.3 Å². The number of carbonyl (C=O) groups excluding carboxylic acids is 3. The molecule has 0 amide bonds. The van der Waals surface area contributed by atoms with Crippen LogP contribution in [0.3, 0.4) is 0 Å². The van der Waals surface area contributed by atoms with Crippen LogP contribution in [-0.4, -0.2) is 89.2 Å². The molecular weight excluding hydrogens is 949 g/mol. The third kappa shape index (κ3) is 40.8. The molecule has 1 aliphatic heterocycles. The fourth-order valence-corrected chi connectivity index (χ4v) is 8.49. The topological polar surface area (TPSA) is 175 Å². The Balaban J connectivity index is 2.72. The summed E-state index contributed by atoms with van der Waals surface area (Å²) < 4.78 is 28.4. The molecule has 3 N–H and O–H groups in total. The Morgan fingerprint density at radius 1 is 0.453 bits per heavy atom. The maximum Gasteiger partial charge on any atom is 0.335 e. The van der Waals surface area contributed by atoms with Crippen LogP contribution in [0.15, 0.2) is 85.1 Å². The van der Waals surface area contributed by atoms with E-state index in [-0.39, 0.29) is 25.9 Å². The van der Waals surface area contributed by atoms with Crippen molar-refractivity contribution in [3.63, 3.8) is 0 Å². The number of carboxylic acid groups (broad SMARTS) is 1. The third-order valence-corrected chi connectivity index (χ3v) is 13.0. The molecule has 0 bridgehead atoms. The van der Waals surface area contributed by atoms with Crippen LogP contribution in [-0.2, 0) is 42.9 Å². The van der Waals surface area contributed by atoms with Gasteiger partial charge >= 0.3 is 23.9 Å². The molecule has 1 aliphatic rings. The summed E-state index contributed by atoms with van der Waals surface area (Å²) in [7, 11) is 0. The molecule has 1 fully saturated rings. The largest absolute Gasteiger partial charge is 0.479 e. The Bertz CT molecular complexity index is 1630. The molecule has 0 radical (unpaired) electrons. The lowest BCUT2D eigenvalue weighted by Gasteiger charge is -2.40. The van der Waals surface area contributed by atoms with Gasteiger partial charge in [0.1, 0.15) is 18.8 Å². The van der Waals surface area contributed by atoms with Crippen LogP contribution in [0.5, 0.6) is 0 Å². The second-order valence-corrected chi connectivity index (χ2v) is 19.9. The molecule has 0 aromatic heterocycles. The van der Waals surface area contributed by atoms with Gasteiger partial charge in [-0.1, -0.05) is 215 Å². The van der Waals surface area contributed by atoms with Crippen LogP contribution in [0.4, 0.5) is 0 Å². The summed E-state index contributed by atoms with van der Waals surface area (Å²) >= 11 is 0. The number of unbranched alkanes of at least 4 members (excludes halogenated alkanes) is 21. The van der Waals surface area contributed by atoms with E-state index in [1.54, 1.807) is 0 Å². The zero-order valence-corrected chi connectivity index (χ0v) is 47.0. The Hall–Kier alpha value is -4.10. The monoisotopic (exact) mass is 1050 g/mol. The van der Waals surface area contributed by atoms with Crippen LogP contribution < -0.4 is 0 Å². The second kappa shape index (κ2) is 50.7. The minimum Gasteiger partial charge on any atom is -0.479 e. The average Bonchev–Trinajstić information content (AvgIpc) is 3.39. The number of rotatable bonds is 49. The first-order valence-corrected chi connectivity index (χ1v) is 29.6. The number of hydrogen-bond acceptors (Lipinski definition) is 11. The van der Waals surface area contributed by atoms with Crippen molar-refractivity contribution in [1.82, 2.24) is 0 Å². The van der Waals surface area contributed by atoms with E-state index in [1.807, 2.05) is 0 Å². The molecule has 12 heteroatoms. The summed E-state index contributed by atoms with van der Waals surface area (Å²) in [6, 6.07) is 0. The van der Waals surface area contributed by atoms with Crippen molar-refractivity contribution >= 4 is 23.9 Å². The van der Waals surface area contributed by atoms with Gasteiger partial charge in [0.05, 0.1) is 6.61 Å². The zero-order chi connectivity index (χ0) is 54.7. The summed E-state index contributed by atoms with van der Waals surface area (Å²) in [5.74, 6) is -3.19. The molecule has 1 heterocycles. The minimum atomic E-state index is -1.91. The van der Waals surface area contributed by atoms with Gasteiger partial charge in [-0.15, -0.1) is 0 Å². The SMILES string of the molecule is CC/C=C\C/C=C\C/C=C\C/C=C\CCCCCCC(=O)OCC(COC1OC(C(=O)O)C(O)C(O)C1OC(=O)CCCCCCCCCCCCCCCCC)OC(=O)CCCCC/C=C\C/C=C\C/C=C\CC. The molecule has 0 aromatic carbocycles. The number of aliphatic carboxylic acids is 1. The fourth-order valence-electron chi connectivity index (χ4n) is 8.49. The van der Waals surface area contributed by atoms with Gasteiger partial charge in [0.25, 0.3) is 0 Å². The molecule has 0 saturated carbocycles. The minimum absolute atomic E-state index is 0.0545. The zero-order valence-electron chi connectivity index (χ0n) is 47.0. The van der Waals surface area contributed by atoms with Crippen LogP contribution >= 0.6 is 0 Å². The van der Waals surface area contributed by atoms with Gasteiger partial charge in [-0.3, -0.25) is 14.4 Å². The molecule has 12 nitrogen and oxygen atoms in total. The van der Waals surface area contributed by atoms with Crippen LogP contribution in [0.1, 0.15) is 239 Å². The maximum absolute atomic E-state index is 13.1. The van der Waals surface area contributed by atoms with Crippen molar-refractivity contribution in [2.75, 3.05) is 13.2 Å². The number of aliphatic hydroxyl groups excluding tert-OH is 2. The molecule has 1 saturated heterocycles. The summed E-state index contributed by atoms with van der Waals surface area (Å²) in [5.41, 5.74) is 0. The second-order valence-electron chi connectivity index (χ2n) is 19.9. The Morgan fingerprint density at radius 2 is 0.840 bits per heavy atom. The Morgan fingerprint density at radius 3 is 1.29 bits per heavy atom. The van der Waals surface area contributed by atoms with Gasteiger partial charge in [0.15, 0.2) is 24.6 Å². The lowest BCUT2D eigenvalue weighted by molar-refractivity contribution is -0.301. The summed E-state index contributed by atoms with van der Waals surface area (Å²) in [4.78, 5) is 51.1. The number of carbonyl (C=O) groups is 4. The lowest BCUT2D eigenvalue weighted by atomic mass is 9.98. The molecular formula is C63H104O12. The number of allylic oxidation sites excluding steroid dienone is 14. The number of esters is 3. The predicted molar refractivity (Wildman–Crippen MR) is 303 cm³/mol. The van der Waals surface area contributed by atoms with E-state index in [2.05, 4.69) is 106 Å². The fraction of sp³-hybridized carbons (Fsp3) is 0.714. The number of hydrogen-bond donors (Lipinski definition) is 3. The molecule has 428 valence electrons. The van der Waals surface area contributed by atoms with Gasteiger partial charge in [0, 0.05) is 19.3 Å². The summed E-state index contributed by atoms with van der Waals surface area (Å²) in [6.07, 6.45) is 52.7. The predicted octanol–water partition coefficient (Wildman–Crippen LogP) is 15.1. The maximum atomic E-state index is 13.1. The molecule has 0 spiro atoms. The van der Waals surface area contributed by atoms with Crippen LogP contribution in [0, 0.1) is 0 Å². The van der Waals surface area contributed by atoms with Crippen molar-refractivity contribution in [1.29, 1.82) is 0 Å². The highest BCUT2D eigenvalue weighted by molar-refractivity contribution is 5.74. The van der Waals surface area contributed by atoms with E-state index in [4.69, 9.17) is 23.7 Å². The normalized spacial score (nSPS) is 18.8. The van der Waals surface area contributed by atoms with Crippen molar-refractivity contribution in [2.45, 2.75) is 276 Å². The van der Waals surface area contributed by atoms with Crippen molar-refractivity contribution in [2.24, 2.45) is 0 Å². The Kier molecular flexibility index (Phi) is 46.6. The molecule has 6 unspecified atom stereocenters.